The van der Waals surface area contributed by atoms with Crippen LogP contribution in [-0.2, 0) is 82.9 Å². The molecule has 1 amide bonds. The number of alkyl carbamates (subject to hydrolysis) is 1. The number of ether oxygens (including phenoxy) is 7. The zero-order valence-corrected chi connectivity index (χ0v) is 56.3. The lowest BCUT2D eigenvalue weighted by Gasteiger charge is -2.47. The number of rotatable bonds is 10. The van der Waals surface area contributed by atoms with Crippen molar-refractivity contribution >= 4 is 77.2 Å². The Hall–Kier alpha value is -8.38. The number of carbonyl (C=O) groups is 10. The number of hydrogen-bond acceptors (Lipinski definition) is 21. The molecule has 25 heteroatoms. The first kappa shape index (κ1) is 73.9. The normalized spacial score (nSPS) is 33.3. The number of aliphatic carboxylic acids is 1. The third-order valence-electron chi connectivity index (χ3n) is 21.6. The second-order valence-corrected chi connectivity index (χ2v) is 27.2. The van der Waals surface area contributed by atoms with E-state index >= 15 is 0 Å². The van der Waals surface area contributed by atoms with E-state index in [1.807, 2.05) is 42.5 Å². The van der Waals surface area contributed by atoms with Gasteiger partial charge in [0.1, 0.15) is 6.61 Å². The SMILES string of the molecule is C1=CCCC=C1.COC(=O)[C@@H]1C2C=CC(CC2)[C@H]1C(=O)O.COC(=O)[C@@H]1C2C=CC(CC2)[C@H]1NC(=O)OCc1ccccc1.COC(=O)[C@@H]1C2CCC(CC2)[C@H]1N.COC(=O)[C@@H]1C2CCC(CC2)[C@H]1Nc1nc(Cl)ncc1F.O=C1C=CC(=O)O1.O=C1OC(=O)[C@H]2C3C=CC(CC3)[C@@H]12. The Kier molecular flexibility index (Phi) is 26.3. The average Bonchev–Trinajstić information content (AvgIpc) is 1.30. The van der Waals surface area contributed by atoms with Crippen molar-refractivity contribution in [2.75, 3.05) is 33.8 Å². The van der Waals surface area contributed by atoms with E-state index in [1.165, 1.54) is 54.1 Å². The van der Waals surface area contributed by atoms with Crippen LogP contribution in [0.3, 0.4) is 0 Å². The first-order valence-corrected chi connectivity index (χ1v) is 34.4. The van der Waals surface area contributed by atoms with Gasteiger partial charge in [-0.25, -0.2) is 23.8 Å². The number of aromatic nitrogens is 2. The van der Waals surface area contributed by atoms with Gasteiger partial charge in [-0.1, -0.05) is 91.1 Å². The molecule has 18 aliphatic rings. The van der Waals surface area contributed by atoms with Crippen LogP contribution in [0, 0.1) is 106 Å². The van der Waals surface area contributed by atoms with E-state index in [1.54, 1.807) is 0 Å². The summed E-state index contributed by atoms with van der Waals surface area (Å²) in [4.78, 5) is 120. The average molecular weight is 1380 g/mol. The minimum absolute atomic E-state index is 0.00315. The summed E-state index contributed by atoms with van der Waals surface area (Å²) in [6.45, 7) is 0.215. The lowest BCUT2D eigenvalue weighted by molar-refractivity contribution is -0.162. The number of carboxylic acids is 1. The minimum Gasteiger partial charge on any atom is -0.481 e. The van der Waals surface area contributed by atoms with Crippen LogP contribution in [0.15, 0.2) is 109 Å². The number of carboxylic acid groups (broad SMARTS) is 1. The topological polar surface area (TPSA) is 331 Å². The fraction of sp³-hybridized carbons (Fsp3) is 0.562. The molecule has 10 bridgehead atoms. The number of methoxy groups -OCH3 is 4. The summed E-state index contributed by atoms with van der Waals surface area (Å²) in [6.07, 6.45) is 40.6. The van der Waals surface area contributed by atoms with Crippen LogP contribution in [0.4, 0.5) is 15.0 Å². The van der Waals surface area contributed by atoms with Crippen LogP contribution in [-0.4, -0.2) is 121 Å². The van der Waals surface area contributed by atoms with Gasteiger partial charge in [-0.2, -0.15) is 4.98 Å². The smallest absolute Gasteiger partial charge is 0.407 e. The number of anilines is 1. The second-order valence-electron chi connectivity index (χ2n) is 26.9. The van der Waals surface area contributed by atoms with E-state index in [9.17, 15) is 52.3 Å². The molecule has 23 nitrogen and oxygen atoms in total. The van der Waals surface area contributed by atoms with Crippen LogP contribution in [0.5, 0.6) is 0 Å². The molecule has 528 valence electrons. The number of cyclic esters (lactones) is 4. The summed E-state index contributed by atoms with van der Waals surface area (Å²) < 4.78 is 47.1. The zero-order valence-electron chi connectivity index (χ0n) is 55.6. The highest BCUT2D eigenvalue weighted by atomic mass is 35.5. The summed E-state index contributed by atoms with van der Waals surface area (Å²) in [5.41, 5.74) is 6.97. The van der Waals surface area contributed by atoms with Crippen molar-refractivity contribution in [2.45, 2.75) is 127 Å². The molecular formula is C73H89ClFN5O18. The first-order valence-electron chi connectivity index (χ1n) is 34.0. The predicted octanol–water partition coefficient (Wildman–Crippen LogP) is 9.74. The van der Waals surface area contributed by atoms with E-state index in [-0.39, 0.29) is 137 Å². The number of benzene rings is 1. The molecule has 98 heavy (non-hydrogen) atoms. The largest absolute Gasteiger partial charge is 0.481 e. The third-order valence-corrected chi connectivity index (χ3v) is 21.8. The molecule has 10 fully saturated rings. The van der Waals surface area contributed by atoms with Gasteiger partial charge in [0.05, 0.1) is 82.1 Å². The first-order chi connectivity index (χ1) is 47.2. The van der Waals surface area contributed by atoms with Crippen LogP contribution in [0.1, 0.15) is 108 Å². The van der Waals surface area contributed by atoms with Crippen molar-refractivity contribution in [2.24, 2.45) is 106 Å². The molecule has 1 saturated heterocycles. The van der Waals surface area contributed by atoms with Crippen LogP contribution in [0.25, 0.3) is 0 Å². The van der Waals surface area contributed by atoms with E-state index in [4.69, 9.17) is 41.4 Å². The van der Waals surface area contributed by atoms with Gasteiger partial charge >= 0.3 is 59.8 Å². The molecule has 1 aromatic carbocycles. The van der Waals surface area contributed by atoms with Crippen molar-refractivity contribution in [1.82, 2.24) is 15.3 Å². The molecule has 2 aliphatic heterocycles. The third kappa shape index (κ3) is 18.1. The molecule has 0 radical (unpaired) electrons. The fourth-order valence-corrected chi connectivity index (χ4v) is 16.9. The Morgan fingerprint density at radius 1 is 0.561 bits per heavy atom. The highest BCUT2D eigenvalue weighted by Gasteiger charge is 2.55. The number of fused-ring (bicyclic) bond motifs is 11. The highest BCUT2D eigenvalue weighted by molar-refractivity contribution is 6.28. The number of hydrogen-bond donors (Lipinski definition) is 4. The molecule has 2 aromatic rings. The fourth-order valence-electron chi connectivity index (χ4n) is 16.8. The van der Waals surface area contributed by atoms with Gasteiger partial charge in [0.15, 0.2) is 11.6 Å². The number of allylic oxidation sites excluding steroid dienone is 9. The highest BCUT2D eigenvalue weighted by Crippen LogP contribution is 2.50. The number of amides is 1. The van der Waals surface area contributed by atoms with Crippen LogP contribution in [0.2, 0.25) is 5.28 Å². The van der Waals surface area contributed by atoms with Crippen molar-refractivity contribution in [3.05, 3.63) is 126 Å². The number of nitrogens with one attached hydrogen (secondary N) is 2. The quantitative estimate of drug-likeness (QED) is 0.0565. The minimum atomic E-state index is -0.885. The Morgan fingerprint density at radius 3 is 1.48 bits per heavy atom. The van der Waals surface area contributed by atoms with Gasteiger partial charge in [-0.3, -0.25) is 33.6 Å². The van der Waals surface area contributed by atoms with Gasteiger partial charge in [0.25, 0.3) is 0 Å². The predicted molar refractivity (Wildman–Crippen MR) is 352 cm³/mol. The van der Waals surface area contributed by atoms with Gasteiger partial charge < -0.3 is 54.6 Å². The Morgan fingerprint density at radius 2 is 1.01 bits per heavy atom. The zero-order chi connectivity index (χ0) is 70.2. The summed E-state index contributed by atoms with van der Waals surface area (Å²) in [7, 11) is 5.55. The second kappa shape index (κ2) is 34.9. The molecule has 5 N–H and O–H groups in total. The number of nitrogens with zero attached hydrogens (tertiary/aromatic N) is 2. The summed E-state index contributed by atoms with van der Waals surface area (Å²) in [5, 5.41) is 15.1. The standard InChI is InChI=1S/C18H21NO4.C14H17ClFN3O2.C11H14O4.C10H17NO2.C10H10O3.C6H8.C4H2O3/c1-22-17(20)15-13-7-9-14(10-8-13)16(15)19-18(21)23-11-12-5-3-2-4-6-12;1-21-13(20)10-7-2-4-8(5-3-7)11(10)18-12-9(16)6-17-14(15)19-12;1-15-11(14)9-7-4-2-6(3-5-7)8(9)10(12)13;1-13-10(12)8-6-2-4-7(5-3-6)9(8)11;11-9-7-5-1-2-6(4-3-5)8(7)10(12)13-9;1-2-4-6-5-3-1;5-3-1-2-4(6)7-3/h2-7,9,13-16H,8,10-11H2,1H3,(H,19,21);6-8,10-11H,2-5H2,1H3,(H,17,18,19);2,4,6-9H,3,5H2,1H3,(H,12,13);6-9H,2-5,11H2,1H3;1-2,5-8H,3-4H2;1-4H,5-6H2;1-2H/t13?,14?,15-,16-;7?,8?,10-,11-;2*6?,7?,8-,9-;5?,6?,7-,8+;;/m1111.../s1. The number of esters is 8. The molecule has 3 heterocycles. The number of carbonyl (C=O) groups excluding carboxylic acids is 9. The maximum Gasteiger partial charge on any atom is 0.407 e. The summed E-state index contributed by atoms with van der Waals surface area (Å²) >= 11 is 5.72. The number of halogens is 2. The Balaban J connectivity index is 0.000000139. The van der Waals surface area contributed by atoms with Crippen LogP contribution < -0.4 is 16.4 Å². The maximum atomic E-state index is 13.8. The van der Waals surface area contributed by atoms with Gasteiger partial charge in [-0.05, 0) is 179 Å². The monoisotopic (exact) mass is 1380 g/mol. The Bertz CT molecular complexity index is 3340. The summed E-state index contributed by atoms with van der Waals surface area (Å²) in [6, 6.07) is 9.14. The van der Waals surface area contributed by atoms with Gasteiger partial charge in [0, 0.05) is 24.2 Å². The summed E-state index contributed by atoms with van der Waals surface area (Å²) in [5.74, 6) is -3.60. The maximum absolute atomic E-state index is 13.8. The molecule has 16 atom stereocenters. The molecular weight excluding hydrogens is 1290 g/mol. The van der Waals surface area contributed by atoms with Crippen LogP contribution >= 0.6 is 11.6 Å². The molecule has 16 aliphatic carbocycles. The van der Waals surface area contributed by atoms with Crippen molar-refractivity contribution in [3.8, 4) is 0 Å². The van der Waals surface area contributed by atoms with E-state index in [2.05, 4.69) is 83.4 Å². The molecule has 1 aromatic heterocycles. The van der Waals surface area contributed by atoms with E-state index in [0.29, 0.717) is 23.7 Å². The molecule has 6 unspecified atom stereocenters. The lowest BCUT2D eigenvalue weighted by atomic mass is 9.61. The van der Waals surface area contributed by atoms with E-state index < -0.39 is 41.7 Å². The molecule has 0 spiro atoms. The molecule has 20 rings (SSSR count). The molecule has 9 saturated carbocycles. The van der Waals surface area contributed by atoms with Gasteiger partial charge in [-0.15, -0.1) is 0 Å². The van der Waals surface area contributed by atoms with Crippen molar-refractivity contribution in [1.29, 1.82) is 0 Å². The lowest BCUT2D eigenvalue weighted by Crippen LogP contribution is -2.54. The van der Waals surface area contributed by atoms with E-state index in [0.717, 1.165) is 101 Å². The van der Waals surface area contributed by atoms with Crippen molar-refractivity contribution < 1.29 is 90.6 Å². The van der Waals surface area contributed by atoms with Gasteiger partial charge in [0.2, 0.25) is 5.28 Å². The van der Waals surface area contributed by atoms with Crippen molar-refractivity contribution in [3.63, 3.8) is 0 Å². The number of nitrogens with two attached hydrogens (primary N) is 1. The Labute approximate surface area is 574 Å².